The normalized spacial score (nSPS) is 10.3. The fraction of sp³-hybridized carbons (Fsp3) is 0.200. The predicted molar refractivity (Wildman–Crippen MR) is 75.1 cm³/mol. The molecule has 0 aromatic heterocycles. The molecule has 0 bridgehead atoms. The van der Waals surface area contributed by atoms with Crippen LogP contribution in [-0.4, -0.2) is 0 Å². The zero-order valence-electron chi connectivity index (χ0n) is 10.0. The predicted octanol–water partition coefficient (Wildman–Crippen LogP) is 4.99. The number of rotatable bonds is 3. The molecule has 2 aromatic rings. The molecule has 17 heavy (non-hydrogen) atoms. The maximum atomic E-state index is 5.91. The number of hydrogen-bond donors (Lipinski definition) is 0. The van der Waals surface area contributed by atoms with E-state index in [0.29, 0.717) is 0 Å². The summed E-state index contributed by atoms with van der Waals surface area (Å²) < 4.78 is 5.91. The molecule has 0 aliphatic carbocycles. The highest BCUT2D eigenvalue weighted by Gasteiger charge is 2.03. The molecule has 2 heteroatoms. The number of para-hydroxylation sites is 1. The van der Waals surface area contributed by atoms with Gasteiger partial charge in [0, 0.05) is 10.9 Å². The second-order valence-electron chi connectivity index (χ2n) is 4.09. The molecule has 0 N–H and O–H groups in total. The average Bonchev–Trinajstić information content (AvgIpc) is 2.34. The van der Waals surface area contributed by atoms with E-state index >= 15 is 0 Å². The van der Waals surface area contributed by atoms with Crippen molar-refractivity contribution in [1.82, 2.24) is 0 Å². The molecule has 0 atom stereocenters. The van der Waals surface area contributed by atoms with Crippen molar-refractivity contribution in [3.63, 3.8) is 0 Å². The fourth-order valence-electron chi connectivity index (χ4n) is 1.62. The second-order valence-corrected chi connectivity index (χ2v) is 4.65. The van der Waals surface area contributed by atoms with Crippen LogP contribution in [-0.2, 0) is 5.33 Å². The summed E-state index contributed by atoms with van der Waals surface area (Å²) in [6.45, 7) is 4.20. The van der Waals surface area contributed by atoms with Crippen LogP contribution >= 0.6 is 15.9 Å². The van der Waals surface area contributed by atoms with E-state index in [9.17, 15) is 0 Å². The van der Waals surface area contributed by atoms with Crippen molar-refractivity contribution in [1.29, 1.82) is 0 Å². The molecular formula is C15H15BrO. The Morgan fingerprint density at radius 1 is 1.00 bits per heavy atom. The molecule has 2 rings (SSSR count). The number of alkyl halides is 1. The van der Waals surface area contributed by atoms with Gasteiger partial charge in [-0.3, -0.25) is 0 Å². The SMILES string of the molecule is Cc1ccc(Oc2ccccc2CBr)cc1C. The number of ether oxygens (including phenoxy) is 1. The topological polar surface area (TPSA) is 9.23 Å². The summed E-state index contributed by atoms with van der Waals surface area (Å²) in [4.78, 5) is 0. The van der Waals surface area contributed by atoms with E-state index in [2.05, 4.69) is 48.0 Å². The lowest BCUT2D eigenvalue weighted by Crippen LogP contribution is -1.90. The summed E-state index contributed by atoms with van der Waals surface area (Å²) in [5.41, 5.74) is 3.69. The molecule has 0 aliphatic rings. The molecule has 2 aromatic carbocycles. The standard InChI is InChI=1S/C15H15BrO/c1-11-7-8-14(9-12(11)2)17-15-6-4-3-5-13(15)10-16/h3-9H,10H2,1-2H3. The van der Waals surface area contributed by atoms with E-state index in [1.165, 1.54) is 11.1 Å². The van der Waals surface area contributed by atoms with Crippen molar-refractivity contribution >= 4 is 15.9 Å². The Hall–Kier alpha value is -1.28. The van der Waals surface area contributed by atoms with Gasteiger partial charge in [0.2, 0.25) is 0 Å². The van der Waals surface area contributed by atoms with E-state index in [-0.39, 0.29) is 0 Å². The Bertz CT molecular complexity index is 520. The lowest BCUT2D eigenvalue weighted by molar-refractivity contribution is 0.478. The van der Waals surface area contributed by atoms with Gasteiger partial charge in [-0.1, -0.05) is 40.2 Å². The Morgan fingerprint density at radius 3 is 2.47 bits per heavy atom. The van der Waals surface area contributed by atoms with Crippen molar-refractivity contribution in [3.8, 4) is 11.5 Å². The van der Waals surface area contributed by atoms with Crippen LogP contribution in [0.3, 0.4) is 0 Å². The summed E-state index contributed by atoms with van der Waals surface area (Å²) in [6, 6.07) is 14.2. The minimum Gasteiger partial charge on any atom is -0.457 e. The molecule has 0 amide bonds. The number of hydrogen-bond acceptors (Lipinski definition) is 1. The Morgan fingerprint density at radius 2 is 1.76 bits per heavy atom. The molecule has 88 valence electrons. The van der Waals surface area contributed by atoms with Crippen LogP contribution < -0.4 is 4.74 Å². The first-order chi connectivity index (χ1) is 8.20. The largest absolute Gasteiger partial charge is 0.457 e. The third-order valence-electron chi connectivity index (χ3n) is 2.82. The molecule has 0 aliphatic heterocycles. The molecule has 0 radical (unpaired) electrons. The maximum absolute atomic E-state index is 5.91. The lowest BCUT2D eigenvalue weighted by Gasteiger charge is -2.10. The van der Waals surface area contributed by atoms with Crippen LogP contribution in [0.15, 0.2) is 42.5 Å². The third-order valence-corrected chi connectivity index (χ3v) is 3.43. The van der Waals surface area contributed by atoms with Crippen LogP contribution in [0.5, 0.6) is 11.5 Å². The first-order valence-corrected chi connectivity index (χ1v) is 6.72. The Labute approximate surface area is 111 Å². The minimum atomic E-state index is 0.800. The maximum Gasteiger partial charge on any atom is 0.131 e. The first-order valence-electron chi connectivity index (χ1n) is 5.59. The summed E-state index contributed by atoms with van der Waals surface area (Å²) in [5, 5.41) is 0.800. The van der Waals surface area contributed by atoms with Gasteiger partial charge >= 0.3 is 0 Å². The van der Waals surface area contributed by atoms with Gasteiger partial charge in [-0.05, 0) is 43.2 Å². The Kier molecular flexibility index (Phi) is 3.85. The van der Waals surface area contributed by atoms with Crippen molar-refractivity contribution < 1.29 is 4.74 Å². The highest BCUT2D eigenvalue weighted by atomic mass is 79.9. The molecule has 0 saturated carbocycles. The van der Waals surface area contributed by atoms with Gasteiger partial charge < -0.3 is 4.74 Å². The van der Waals surface area contributed by atoms with E-state index in [0.717, 1.165) is 22.4 Å². The van der Waals surface area contributed by atoms with Crippen LogP contribution in [0, 0.1) is 13.8 Å². The summed E-state index contributed by atoms with van der Waals surface area (Å²) >= 11 is 3.47. The van der Waals surface area contributed by atoms with E-state index in [1.54, 1.807) is 0 Å². The molecule has 0 fully saturated rings. The highest BCUT2D eigenvalue weighted by molar-refractivity contribution is 9.08. The second kappa shape index (κ2) is 5.37. The van der Waals surface area contributed by atoms with E-state index in [4.69, 9.17) is 4.74 Å². The zero-order chi connectivity index (χ0) is 12.3. The lowest BCUT2D eigenvalue weighted by atomic mass is 10.1. The van der Waals surface area contributed by atoms with Gasteiger partial charge in [0.25, 0.3) is 0 Å². The van der Waals surface area contributed by atoms with E-state index in [1.807, 2.05) is 24.3 Å². The van der Waals surface area contributed by atoms with Crippen LogP contribution in [0.25, 0.3) is 0 Å². The van der Waals surface area contributed by atoms with Crippen LogP contribution in [0.4, 0.5) is 0 Å². The van der Waals surface area contributed by atoms with Crippen molar-refractivity contribution in [3.05, 3.63) is 59.2 Å². The minimum absolute atomic E-state index is 0.800. The van der Waals surface area contributed by atoms with Gasteiger partial charge in [0.1, 0.15) is 11.5 Å². The summed E-state index contributed by atoms with van der Waals surface area (Å²) in [7, 11) is 0. The number of benzene rings is 2. The fourth-order valence-corrected chi connectivity index (χ4v) is 2.08. The average molecular weight is 291 g/mol. The monoisotopic (exact) mass is 290 g/mol. The number of aryl methyl sites for hydroxylation is 2. The molecular weight excluding hydrogens is 276 g/mol. The molecule has 0 heterocycles. The smallest absolute Gasteiger partial charge is 0.131 e. The van der Waals surface area contributed by atoms with Crippen LogP contribution in [0.2, 0.25) is 0 Å². The highest BCUT2D eigenvalue weighted by Crippen LogP contribution is 2.27. The zero-order valence-corrected chi connectivity index (χ0v) is 11.6. The van der Waals surface area contributed by atoms with Gasteiger partial charge in [-0.15, -0.1) is 0 Å². The quantitative estimate of drug-likeness (QED) is 0.724. The van der Waals surface area contributed by atoms with Crippen molar-refractivity contribution in [2.24, 2.45) is 0 Å². The van der Waals surface area contributed by atoms with Gasteiger partial charge in [0.05, 0.1) is 0 Å². The molecule has 1 nitrogen and oxygen atoms in total. The third kappa shape index (κ3) is 2.89. The Balaban J connectivity index is 2.28. The van der Waals surface area contributed by atoms with Gasteiger partial charge in [0.15, 0.2) is 0 Å². The van der Waals surface area contributed by atoms with Crippen LogP contribution in [0.1, 0.15) is 16.7 Å². The van der Waals surface area contributed by atoms with Gasteiger partial charge in [-0.2, -0.15) is 0 Å². The van der Waals surface area contributed by atoms with Gasteiger partial charge in [-0.25, -0.2) is 0 Å². The molecule has 0 saturated heterocycles. The number of halogens is 1. The molecule has 0 unspecified atom stereocenters. The van der Waals surface area contributed by atoms with Crippen molar-refractivity contribution in [2.45, 2.75) is 19.2 Å². The van der Waals surface area contributed by atoms with Crippen molar-refractivity contribution in [2.75, 3.05) is 0 Å². The molecule has 0 spiro atoms. The first kappa shape index (κ1) is 12.2. The van der Waals surface area contributed by atoms with E-state index < -0.39 is 0 Å². The summed E-state index contributed by atoms with van der Waals surface area (Å²) in [6.07, 6.45) is 0. The summed E-state index contributed by atoms with van der Waals surface area (Å²) in [5.74, 6) is 1.80.